The van der Waals surface area contributed by atoms with Gasteiger partial charge in [-0.05, 0) is 33.9 Å². The molecule has 1 unspecified atom stereocenters. The van der Waals surface area contributed by atoms with Gasteiger partial charge in [0, 0.05) is 31.0 Å². The van der Waals surface area contributed by atoms with Crippen LogP contribution >= 0.6 is 0 Å². The fourth-order valence-corrected chi connectivity index (χ4v) is 2.53. The molecule has 1 aliphatic rings. The summed E-state index contributed by atoms with van der Waals surface area (Å²) in [5.41, 5.74) is 0. The van der Waals surface area contributed by atoms with Gasteiger partial charge in [-0.15, -0.1) is 0 Å². The Balaban J connectivity index is 1.94. The van der Waals surface area contributed by atoms with Crippen LogP contribution in [0.1, 0.15) is 45.1 Å². The molecule has 4 heteroatoms. The van der Waals surface area contributed by atoms with E-state index in [-0.39, 0.29) is 0 Å². The molecule has 1 saturated carbocycles. The molecular formula is C14H26N4. The molecule has 2 rings (SSSR count). The van der Waals surface area contributed by atoms with E-state index in [2.05, 4.69) is 47.0 Å². The molecule has 0 aromatic carbocycles. The Kier molecular flexibility index (Phi) is 4.64. The average Bonchev–Trinajstić information content (AvgIpc) is 2.85. The van der Waals surface area contributed by atoms with Crippen LogP contribution in [-0.4, -0.2) is 41.1 Å². The van der Waals surface area contributed by atoms with E-state index in [0.717, 1.165) is 12.5 Å². The second-order valence-corrected chi connectivity index (χ2v) is 5.64. The first-order chi connectivity index (χ1) is 8.68. The fourth-order valence-electron chi connectivity index (χ4n) is 2.53. The fraction of sp³-hybridized carbons (Fsp3) is 0.786. The maximum absolute atomic E-state index is 4.46. The standard InChI is InChI=1S/C14H26N4/c1-12(17(2)3)11-16-14-15-9-10-18(14)13-7-5-4-6-8-13/h9-10,12-13H,4-8,11H2,1-3H3,(H,15,16). The molecule has 0 radical (unpaired) electrons. The first-order valence-corrected chi connectivity index (χ1v) is 7.11. The van der Waals surface area contributed by atoms with Gasteiger partial charge in [-0.2, -0.15) is 0 Å². The van der Waals surface area contributed by atoms with Crippen molar-refractivity contribution < 1.29 is 0 Å². The van der Waals surface area contributed by atoms with Crippen LogP contribution in [0.4, 0.5) is 5.95 Å². The molecule has 0 amide bonds. The molecule has 102 valence electrons. The van der Waals surface area contributed by atoms with Gasteiger partial charge in [-0.3, -0.25) is 0 Å². The minimum Gasteiger partial charge on any atom is -0.354 e. The molecule has 0 bridgehead atoms. The normalized spacial score (nSPS) is 19.1. The van der Waals surface area contributed by atoms with E-state index < -0.39 is 0 Å². The van der Waals surface area contributed by atoms with E-state index in [1.54, 1.807) is 0 Å². The van der Waals surface area contributed by atoms with E-state index in [1.165, 1.54) is 32.1 Å². The summed E-state index contributed by atoms with van der Waals surface area (Å²) in [6.45, 7) is 3.16. The van der Waals surface area contributed by atoms with Crippen LogP contribution in [0.2, 0.25) is 0 Å². The van der Waals surface area contributed by atoms with E-state index in [0.29, 0.717) is 12.1 Å². The van der Waals surface area contributed by atoms with Gasteiger partial charge in [-0.1, -0.05) is 19.3 Å². The van der Waals surface area contributed by atoms with Crippen LogP contribution in [0.5, 0.6) is 0 Å². The summed E-state index contributed by atoms with van der Waals surface area (Å²) >= 11 is 0. The Morgan fingerprint density at radius 2 is 2.11 bits per heavy atom. The van der Waals surface area contributed by atoms with Crippen molar-refractivity contribution in [2.45, 2.75) is 51.1 Å². The zero-order valence-electron chi connectivity index (χ0n) is 11.9. The van der Waals surface area contributed by atoms with Crippen LogP contribution in [0, 0.1) is 0 Å². The highest BCUT2D eigenvalue weighted by Gasteiger charge is 2.17. The lowest BCUT2D eigenvalue weighted by molar-refractivity contribution is 0.323. The molecule has 1 aliphatic carbocycles. The summed E-state index contributed by atoms with van der Waals surface area (Å²) in [6.07, 6.45) is 10.7. The van der Waals surface area contributed by atoms with Crippen molar-refractivity contribution in [3.63, 3.8) is 0 Å². The maximum Gasteiger partial charge on any atom is 0.203 e. The molecule has 0 saturated heterocycles. The zero-order chi connectivity index (χ0) is 13.0. The molecule has 1 aromatic heterocycles. The van der Waals surface area contributed by atoms with Gasteiger partial charge in [0.15, 0.2) is 0 Å². The summed E-state index contributed by atoms with van der Waals surface area (Å²) in [6, 6.07) is 1.17. The molecule has 1 N–H and O–H groups in total. The highest BCUT2D eigenvalue weighted by Crippen LogP contribution is 2.30. The Labute approximate surface area is 110 Å². The highest BCUT2D eigenvalue weighted by molar-refractivity contribution is 5.27. The van der Waals surface area contributed by atoms with Crippen LogP contribution in [-0.2, 0) is 0 Å². The number of rotatable bonds is 5. The molecule has 0 aliphatic heterocycles. The van der Waals surface area contributed by atoms with Crippen molar-refractivity contribution in [1.82, 2.24) is 14.5 Å². The highest BCUT2D eigenvalue weighted by atomic mass is 15.2. The molecule has 18 heavy (non-hydrogen) atoms. The quantitative estimate of drug-likeness (QED) is 0.872. The maximum atomic E-state index is 4.46. The lowest BCUT2D eigenvalue weighted by Crippen LogP contribution is -2.32. The summed E-state index contributed by atoms with van der Waals surface area (Å²) < 4.78 is 2.33. The number of anilines is 1. The van der Waals surface area contributed by atoms with Crippen LogP contribution in [0.15, 0.2) is 12.4 Å². The Hall–Kier alpha value is -1.03. The Bertz CT molecular complexity index is 352. The molecule has 1 atom stereocenters. The summed E-state index contributed by atoms with van der Waals surface area (Å²) in [5, 5.41) is 3.48. The van der Waals surface area contributed by atoms with Crippen molar-refractivity contribution in [1.29, 1.82) is 0 Å². The number of hydrogen-bond donors (Lipinski definition) is 1. The third kappa shape index (κ3) is 3.25. The summed E-state index contributed by atoms with van der Waals surface area (Å²) in [5.74, 6) is 1.04. The van der Waals surface area contributed by atoms with Crippen molar-refractivity contribution in [3.05, 3.63) is 12.4 Å². The van der Waals surface area contributed by atoms with Gasteiger partial charge in [0.2, 0.25) is 5.95 Å². The minimum absolute atomic E-state index is 0.515. The SMILES string of the molecule is CC(CNc1nccn1C1CCCCC1)N(C)C. The summed E-state index contributed by atoms with van der Waals surface area (Å²) in [7, 11) is 4.22. The van der Waals surface area contributed by atoms with Crippen LogP contribution in [0.3, 0.4) is 0 Å². The van der Waals surface area contributed by atoms with E-state index >= 15 is 0 Å². The third-order valence-electron chi connectivity index (χ3n) is 4.07. The monoisotopic (exact) mass is 250 g/mol. The summed E-state index contributed by atoms with van der Waals surface area (Å²) in [4.78, 5) is 6.68. The third-order valence-corrected chi connectivity index (χ3v) is 4.07. The Morgan fingerprint density at radius 1 is 1.39 bits per heavy atom. The largest absolute Gasteiger partial charge is 0.354 e. The van der Waals surface area contributed by atoms with Crippen LogP contribution < -0.4 is 5.32 Å². The first kappa shape index (κ1) is 13.4. The smallest absolute Gasteiger partial charge is 0.203 e. The van der Waals surface area contributed by atoms with Gasteiger partial charge in [-0.25, -0.2) is 4.98 Å². The molecular weight excluding hydrogens is 224 g/mol. The zero-order valence-corrected chi connectivity index (χ0v) is 11.9. The number of aromatic nitrogens is 2. The first-order valence-electron chi connectivity index (χ1n) is 7.11. The van der Waals surface area contributed by atoms with Crippen molar-refractivity contribution >= 4 is 5.95 Å². The van der Waals surface area contributed by atoms with E-state index in [1.807, 2.05) is 6.20 Å². The van der Waals surface area contributed by atoms with E-state index in [9.17, 15) is 0 Å². The molecule has 1 aromatic rings. The number of likely N-dealkylation sites (N-methyl/N-ethyl adjacent to an activating group) is 1. The number of nitrogens with one attached hydrogen (secondary N) is 1. The minimum atomic E-state index is 0.515. The molecule has 0 spiro atoms. The van der Waals surface area contributed by atoms with Gasteiger partial charge in [0.05, 0.1) is 0 Å². The van der Waals surface area contributed by atoms with Gasteiger partial charge < -0.3 is 14.8 Å². The number of nitrogens with zero attached hydrogens (tertiary/aromatic N) is 3. The van der Waals surface area contributed by atoms with Gasteiger partial charge in [0.1, 0.15) is 0 Å². The van der Waals surface area contributed by atoms with Crippen molar-refractivity contribution in [3.8, 4) is 0 Å². The van der Waals surface area contributed by atoms with Gasteiger partial charge >= 0.3 is 0 Å². The van der Waals surface area contributed by atoms with Crippen molar-refractivity contribution in [2.75, 3.05) is 26.0 Å². The molecule has 4 nitrogen and oxygen atoms in total. The average molecular weight is 250 g/mol. The molecule has 1 fully saturated rings. The predicted octanol–water partition coefficient (Wildman–Crippen LogP) is 2.75. The molecule has 1 heterocycles. The van der Waals surface area contributed by atoms with E-state index in [4.69, 9.17) is 0 Å². The topological polar surface area (TPSA) is 33.1 Å². The number of hydrogen-bond acceptors (Lipinski definition) is 3. The second-order valence-electron chi connectivity index (χ2n) is 5.64. The Morgan fingerprint density at radius 3 is 2.78 bits per heavy atom. The van der Waals surface area contributed by atoms with Crippen LogP contribution in [0.25, 0.3) is 0 Å². The lowest BCUT2D eigenvalue weighted by Gasteiger charge is -2.26. The number of imidazole rings is 1. The predicted molar refractivity (Wildman–Crippen MR) is 76.0 cm³/mol. The second kappa shape index (κ2) is 6.23. The van der Waals surface area contributed by atoms with Gasteiger partial charge in [0.25, 0.3) is 0 Å². The van der Waals surface area contributed by atoms with Crippen molar-refractivity contribution in [2.24, 2.45) is 0 Å². The lowest BCUT2D eigenvalue weighted by atomic mass is 9.95.